The number of nitrogens with zero attached hydrogens (tertiary/aromatic N) is 4. The zero-order valence-corrected chi connectivity index (χ0v) is 20.1. The van der Waals surface area contributed by atoms with E-state index in [0.717, 1.165) is 18.8 Å². The molecule has 2 saturated heterocycles. The van der Waals surface area contributed by atoms with Gasteiger partial charge in [0.15, 0.2) is 0 Å². The molecule has 2 aliphatic heterocycles. The molecule has 2 aromatic rings. The summed E-state index contributed by atoms with van der Waals surface area (Å²) in [6.07, 6.45) is -0.424. The molecular formula is C24H30N4O5S. The largest absolute Gasteiger partial charge is 0.450 e. The van der Waals surface area contributed by atoms with Gasteiger partial charge in [0.25, 0.3) is 5.91 Å². The van der Waals surface area contributed by atoms with Crippen molar-refractivity contribution in [2.24, 2.45) is 0 Å². The Bertz CT molecular complexity index is 1090. The van der Waals surface area contributed by atoms with Crippen LogP contribution >= 0.6 is 0 Å². The first kappa shape index (κ1) is 24.0. The fourth-order valence-corrected chi connectivity index (χ4v) is 5.66. The van der Waals surface area contributed by atoms with Crippen molar-refractivity contribution in [3.05, 3.63) is 60.2 Å². The summed E-state index contributed by atoms with van der Waals surface area (Å²) in [4.78, 5) is 30.5. The Hall–Kier alpha value is -3.11. The summed E-state index contributed by atoms with van der Waals surface area (Å²) >= 11 is 0. The number of sulfonamides is 1. The molecule has 2 aromatic carbocycles. The molecule has 10 heteroatoms. The number of amides is 2. The molecule has 0 spiro atoms. The van der Waals surface area contributed by atoms with Gasteiger partial charge in [0.2, 0.25) is 10.0 Å². The second kappa shape index (κ2) is 10.4. The Morgan fingerprint density at radius 3 is 1.97 bits per heavy atom. The summed E-state index contributed by atoms with van der Waals surface area (Å²) in [5.74, 6) is -0.0975. The van der Waals surface area contributed by atoms with Crippen molar-refractivity contribution < 1.29 is 22.7 Å². The van der Waals surface area contributed by atoms with Crippen LogP contribution in [-0.4, -0.2) is 93.5 Å². The monoisotopic (exact) mass is 486 g/mol. The molecule has 2 aliphatic rings. The highest BCUT2D eigenvalue weighted by Crippen LogP contribution is 2.21. The second-order valence-electron chi connectivity index (χ2n) is 8.23. The number of hydrogen-bond donors (Lipinski definition) is 0. The van der Waals surface area contributed by atoms with Crippen molar-refractivity contribution in [2.75, 3.05) is 63.9 Å². The number of anilines is 1. The van der Waals surface area contributed by atoms with Crippen LogP contribution in [0.25, 0.3) is 0 Å². The van der Waals surface area contributed by atoms with Crippen molar-refractivity contribution in [1.29, 1.82) is 0 Å². The zero-order valence-electron chi connectivity index (χ0n) is 19.3. The molecule has 0 N–H and O–H groups in total. The molecule has 34 heavy (non-hydrogen) atoms. The molecule has 2 amide bonds. The maximum atomic E-state index is 13.0. The summed E-state index contributed by atoms with van der Waals surface area (Å²) in [7, 11) is -3.71. The fraction of sp³-hybridized carbons (Fsp3) is 0.417. The van der Waals surface area contributed by atoms with E-state index >= 15 is 0 Å². The van der Waals surface area contributed by atoms with Crippen LogP contribution in [0.4, 0.5) is 10.5 Å². The molecule has 0 radical (unpaired) electrons. The Labute approximate surface area is 200 Å². The van der Waals surface area contributed by atoms with Crippen molar-refractivity contribution >= 4 is 27.7 Å². The van der Waals surface area contributed by atoms with Gasteiger partial charge in [0, 0.05) is 63.6 Å². The van der Waals surface area contributed by atoms with Gasteiger partial charge >= 0.3 is 6.09 Å². The Morgan fingerprint density at radius 2 is 1.38 bits per heavy atom. The molecule has 0 saturated carbocycles. The molecule has 9 nitrogen and oxygen atoms in total. The maximum Gasteiger partial charge on any atom is 0.409 e. The van der Waals surface area contributed by atoms with Crippen LogP contribution in [0.15, 0.2) is 59.5 Å². The van der Waals surface area contributed by atoms with E-state index in [9.17, 15) is 18.0 Å². The van der Waals surface area contributed by atoms with Gasteiger partial charge in [-0.05, 0) is 43.3 Å². The summed E-state index contributed by atoms with van der Waals surface area (Å²) in [6.45, 7) is 5.70. The molecule has 0 aromatic heterocycles. The molecule has 0 unspecified atom stereocenters. The fourth-order valence-electron chi connectivity index (χ4n) is 4.23. The van der Waals surface area contributed by atoms with Gasteiger partial charge < -0.3 is 19.4 Å². The lowest BCUT2D eigenvalue weighted by Crippen LogP contribution is -2.50. The Kier molecular flexibility index (Phi) is 7.38. The lowest BCUT2D eigenvalue weighted by atomic mass is 10.1. The number of piperazine rings is 2. The molecule has 2 fully saturated rings. The number of carbonyl (C=O) groups excluding carboxylic acids is 2. The van der Waals surface area contributed by atoms with Gasteiger partial charge in [0.05, 0.1) is 11.5 Å². The summed E-state index contributed by atoms with van der Waals surface area (Å²) in [5, 5.41) is 0. The molecule has 4 rings (SSSR count). The number of ether oxygens (including phenoxy) is 1. The third-order valence-electron chi connectivity index (χ3n) is 6.19. The Morgan fingerprint density at radius 1 is 0.794 bits per heavy atom. The van der Waals surface area contributed by atoms with E-state index in [1.165, 1.54) is 21.3 Å². The third kappa shape index (κ3) is 5.18. The van der Waals surface area contributed by atoms with Crippen LogP contribution in [-0.2, 0) is 14.8 Å². The van der Waals surface area contributed by atoms with E-state index in [0.29, 0.717) is 18.7 Å². The van der Waals surface area contributed by atoms with Crippen molar-refractivity contribution in [2.45, 2.75) is 11.8 Å². The minimum absolute atomic E-state index is 0.0975. The van der Waals surface area contributed by atoms with Crippen LogP contribution in [0, 0.1) is 0 Å². The predicted molar refractivity (Wildman–Crippen MR) is 128 cm³/mol. The lowest BCUT2D eigenvalue weighted by molar-refractivity contribution is 0.0746. The van der Waals surface area contributed by atoms with Crippen LogP contribution in [0.2, 0.25) is 0 Å². The van der Waals surface area contributed by atoms with Gasteiger partial charge in [-0.2, -0.15) is 4.31 Å². The quantitative estimate of drug-likeness (QED) is 0.643. The van der Waals surface area contributed by atoms with Gasteiger partial charge in [-0.1, -0.05) is 18.2 Å². The lowest BCUT2D eigenvalue weighted by Gasteiger charge is -2.36. The first-order valence-corrected chi connectivity index (χ1v) is 13.0. The van der Waals surface area contributed by atoms with Crippen molar-refractivity contribution in [3.63, 3.8) is 0 Å². The standard InChI is InChI=1S/C24H30N4O5S/c1-2-33-24(30)27-16-18-28(19-17-27)34(31,32)22-10-8-20(9-11-22)23(29)26-14-12-25(13-15-26)21-6-4-3-5-7-21/h3-11H,2,12-19H2,1H3. The SMILES string of the molecule is CCOC(=O)N1CCN(S(=O)(=O)c2ccc(C(=O)N3CCN(c4ccccc4)CC3)cc2)CC1. The summed E-state index contributed by atoms with van der Waals surface area (Å²) in [6, 6.07) is 16.2. The minimum atomic E-state index is -3.71. The molecule has 0 aliphatic carbocycles. The van der Waals surface area contributed by atoms with Gasteiger partial charge in [0.1, 0.15) is 0 Å². The third-order valence-corrected chi connectivity index (χ3v) is 8.10. The normalized spacial score (nSPS) is 17.5. The molecule has 182 valence electrons. The Balaban J connectivity index is 1.34. The molecule has 0 bridgehead atoms. The number of carbonyl (C=O) groups is 2. The topological polar surface area (TPSA) is 90.5 Å². The average molecular weight is 487 g/mol. The zero-order chi connectivity index (χ0) is 24.1. The van der Waals surface area contributed by atoms with Gasteiger partial charge in [-0.3, -0.25) is 4.79 Å². The minimum Gasteiger partial charge on any atom is -0.450 e. The molecular weight excluding hydrogens is 456 g/mol. The van der Waals surface area contributed by atoms with Crippen LogP contribution < -0.4 is 4.90 Å². The van der Waals surface area contributed by atoms with Gasteiger partial charge in [-0.15, -0.1) is 0 Å². The van der Waals surface area contributed by atoms with E-state index in [1.807, 2.05) is 18.2 Å². The van der Waals surface area contributed by atoms with Crippen molar-refractivity contribution in [1.82, 2.24) is 14.1 Å². The van der Waals surface area contributed by atoms with E-state index in [-0.39, 0.29) is 43.6 Å². The summed E-state index contributed by atoms with van der Waals surface area (Å²) < 4.78 is 32.4. The van der Waals surface area contributed by atoms with Crippen LogP contribution in [0.3, 0.4) is 0 Å². The van der Waals surface area contributed by atoms with E-state index in [2.05, 4.69) is 17.0 Å². The van der Waals surface area contributed by atoms with E-state index in [4.69, 9.17) is 4.74 Å². The van der Waals surface area contributed by atoms with E-state index in [1.54, 1.807) is 24.0 Å². The number of para-hydroxylation sites is 1. The van der Waals surface area contributed by atoms with E-state index < -0.39 is 16.1 Å². The predicted octanol–water partition coefficient (Wildman–Crippen LogP) is 2.11. The number of hydrogen-bond acceptors (Lipinski definition) is 6. The highest BCUT2D eigenvalue weighted by Gasteiger charge is 2.31. The van der Waals surface area contributed by atoms with Gasteiger partial charge in [-0.25, -0.2) is 13.2 Å². The molecule has 0 atom stereocenters. The highest BCUT2D eigenvalue weighted by molar-refractivity contribution is 7.89. The molecule has 2 heterocycles. The second-order valence-corrected chi connectivity index (χ2v) is 10.2. The first-order chi connectivity index (χ1) is 16.4. The highest BCUT2D eigenvalue weighted by atomic mass is 32.2. The van der Waals surface area contributed by atoms with Crippen LogP contribution in [0.5, 0.6) is 0 Å². The smallest absolute Gasteiger partial charge is 0.409 e. The van der Waals surface area contributed by atoms with Crippen LogP contribution in [0.1, 0.15) is 17.3 Å². The van der Waals surface area contributed by atoms with Crippen molar-refractivity contribution in [3.8, 4) is 0 Å². The maximum absolute atomic E-state index is 13.0. The average Bonchev–Trinajstić information content (AvgIpc) is 2.89. The number of benzene rings is 2. The first-order valence-electron chi connectivity index (χ1n) is 11.5. The summed E-state index contributed by atoms with van der Waals surface area (Å²) in [5.41, 5.74) is 1.62. The number of rotatable bonds is 5.